The van der Waals surface area contributed by atoms with Gasteiger partial charge in [-0.1, -0.05) is 29.8 Å². The van der Waals surface area contributed by atoms with Crippen molar-refractivity contribution in [3.63, 3.8) is 0 Å². The lowest BCUT2D eigenvalue weighted by molar-refractivity contribution is -0.201. The van der Waals surface area contributed by atoms with Crippen LogP contribution in [0.2, 0.25) is 0 Å². The zero-order chi connectivity index (χ0) is 10.7. The monoisotopic (exact) mass is 205 g/mol. The molecular formula is C12H15NO2. The lowest BCUT2D eigenvalue weighted by Gasteiger charge is -2.25. The standard InChI is InChI=1S/C12H15NO2/c1-10-4-6-11(7-5-10)9-13-12(14)3-2-8-15-13/h4-7H,2-3,8-9H2,1H3. The highest BCUT2D eigenvalue weighted by Crippen LogP contribution is 2.13. The van der Waals surface area contributed by atoms with Crippen molar-refractivity contribution < 1.29 is 9.63 Å². The maximum absolute atomic E-state index is 11.5. The normalized spacial score (nSPS) is 16.9. The van der Waals surface area contributed by atoms with E-state index in [9.17, 15) is 4.79 Å². The van der Waals surface area contributed by atoms with E-state index in [4.69, 9.17) is 4.84 Å². The Morgan fingerprint density at radius 3 is 2.73 bits per heavy atom. The van der Waals surface area contributed by atoms with E-state index in [0.717, 1.165) is 12.0 Å². The molecule has 0 aromatic heterocycles. The lowest BCUT2D eigenvalue weighted by atomic mass is 10.1. The average molecular weight is 205 g/mol. The highest BCUT2D eigenvalue weighted by atomic mass is 16.7. The number of benzene rings is 1. The maximum Gasteiger partial charge on any atom is 0.246 e. The molecule has 1 fully saturated rings. The fraction of sp³-hybridized carbons (Fsp3) is 0.417. The summed E-state index contributed by atoms with van der Waals surface area (Å²) in [7, 11) is 0. The summed E-state index contributed by atoms with van der Waals surface area (Å²) in [5, 5.41) is 1.47. The van der Waals surface area contributed by atoms with Gasteiger partial charge in [0, 0.05) is 6.42 Å². The van der Waals surface area contributed by atoms with E-state index in [1.54, 1.807) is 0 Å². The molecule has 1 aliphatic heterocycles. The zero-order valence-corrected chi connectivity index (χ0v) is 8.90. The van der Waals surface area contributed by atoms with Crippen molar-refractivity contribution in [1.29, 1.82) is 0 Å². The lowest BCUT2D eigenvalue weighted by Crippen LogP contribution is -2.34. The van der Waals surface area contributed by atoms with Crippen LogP contribution in [0, 0.1) is 6.92 Å². The van der Waals surface area contributed by atoms with E-state index >= 15 is 0 Å². The molecule has 1 aromatic carbocycles. The summed E-state index contributed by atoms with van der Waals surface area (Å²) in [6.07, 6.45) is 1.44. The Bertz CT molecular complexity index is 345. The van der Waals surface area contributed by atoms with Crippen molar-refractivity contribution in [2.75, 3.05) is 6.61 Å². The van der Waals surface area contributed by atoms with Gasteiger partial charge < -0.3 is 0 Å². The minimum absolute atomic E-state index is 0.0850. The number of aryl methyl sites for hydroxylation is 1. The number of carbonyl (C=O) groups is 1. The largest absolute Gasteiger partial charge is 0.273 e. The summed E-state index contributed by atoms with van der Waals surface area (Å²) >= 11 is 0. The van der Waals surface area contributed by atoms with Gasteiger partial charge in [-0.25, -0.2) is 5.06 Å². The summed E-state index contributed by atoms with van der Waals surface area (Å²) in [5.41, 5.74) is 2.33. The van der Waals surface area contributed by atoms with Crippen molar-refractivity contribution in [2.24, 2.45) is 0 Å². The number of amides is 1. The third-order valence-electron chi connectivity index (χ3n) is 2.51. The second-order valence-electron chi connectivity index (χ2n) is 3.85. The Labute approximate surface area is 89.6 Å². The van der Waals surface area contributed by atoms with Crippen LogP contribution in [0.4, 0.5) is 0 Å². The van der Waals surface area contributed by atoms with Gasteiger partial charge in [0.05, 0.1) is 13.2 Å². The fourth-order valence-corrected chi connectivity index (χ4v) is 1.59. The van der Waals surface area contributed by atoms with Crippen molar-refractivity contribution in [3.8, 4) is 0 Å². The number of carbonyl (C=O) groups excluding carboxylic acids is 1. The van der Waals surface area contributed by atoms with Crippen LogP contribution in [0.1, 0.15) is 24.0 Å². The average Bonchev–Trinajstić information content (AvgIpc) is 2.25. The Balaban J connectivity index is 2.01. The van der Waals surface area contributed by atoms with Crippen LogP contribution >= 0.6 is 0 Å². The molecule has 1 aromatic rings. The van der Waals surface area contributed by atoms with E-state index in [2.05, 4.69) is 0 Å². The predicted octanol–water partition coefficient (Wildman–Crippen LogP) is 2.05. The molecule has 80 valence electrons. The van der Waals surface area contributed by atoms with Crippen molar-refractivity contribution in [1.82, 2.24) is 5.06 Å². The number of nitrogens with zero attached hydrogens (tertiary/aromatic N) is 1. The molecule has 1 amide bonds. The van der Waals surface area contributed by atoms with E-state index in [1.165, 1.54) is 10.6 Å². The van der Waals surface area contributed by atoms with Crippen LogP contribution < -0.4 is 0 Å². The van der Waals surface area contributed by atoms with Gasteiger partial charge in [0.15, 0.2) is 0 Å². The van der Waals surface area contributed by atoms with Crippen LogP contribution in [0.15, 0.2) is 24.3 Å². The molecule has 0 saturated carbocycles. The second kappa shape index (κ2) is 4.45. The summed E-state index contributed by atoms with van der Waals surface area (Å²) < 4.78 is 0. The molecule has 2 rings (SSSR count). The fourth-order valence-electron chi connectivity index (χ4n) is 1.59. The first-order valence-corrected chi connectivity index (χ1v) is 5.24. The van der Waals surface area contributed by atoms with Gasteiger partial charge in [0.2, 0.25) is 5.91 Å². The molecule has 1 heterocycles. The number of hydrogen-bond acceptors (Lipinski definition) is 2. The Hall–Kier alpha value is -1.35. The molecule has 1 saturated heterocycles. The van der Waals surface area contributed by atoms with Gasteiger partial charge in [-0.05, 0) is 18.9 Å². The summed E-state index contributed by atoms with van der Waals surface area (Å²) in [6.45, 7) is 3.25. The van der Waals surface area contributed by atoms with E-state index < -0.39 is 0 Å². The summed E-state index contributed by atoms with van der Waals surface area (Å²) in [5.74, 6) is 0.0850. The molecule has 0 atom stereocenters. The van der Waals surface area contributed by atoms with Gasteiger partial charge in [-0.15, -0.1) is 0 Å². The third kappa shape index (κ3) is 2.57. The molecule has 3 nitrogen and oxygen atoms in total. The summed E-state index contributed by atoms with van der Waals surface area (Å²) in [6, 6.07) is 8.15. The Kier molecular flexibility index (Phi) is 3.02. The highest BCUT2D eigenvalue weighted by molar-refractivity contribution is 5.75. The van der Waals surface area contributed by atoms with Gasteiger partial charge in [0.1, 0.15) is 0 Å². The SMILES string of the molecule is Cc1ccc(CN2OCCCC2=O)cc1. The highest BCUT2D eigenvalue weighted by Gasteiger charge is 2.18. The van der Waals surface area contributed by atoms with Gasteiger partial charge in [0.25, 0.3) is 0 Å². The first-order chi connectivity index (χ1) is 7.25. The molecule has 3 heteroatoms. The molecule has 15 heavy (non-hydrogen) atoms. The predicted molar refractivity (Wildman–Crippen MR) is 56.9 cm³/mol. The van der Waals surface area contributed by atoms with Gasteiger partial charge in [-0.3, -0.25) is 9.63 Å². The maximum atomic E-state index is 11.5. The Morgan fingerprint density at radius 2 is 2.07 bits per heavy atom. The number of hydrogen-bond donors (Lipinski definition) is 0. The van der Waals surface area contributed by atoms with Crippen LogP contribution in [0.25, 0.3) is 0 Å². The van der Waals surface area contributed by atoms with Crippen molar-refractivity contribution in [2.45, 2.75) is 26.3 Å². The third-order valence-corrected chi connectivity index (χ3v) is 2.51. The quantitative estimate of drug-likeness (QED) is 0.739. The van der Waals surface area contributed by atoms with E-state index in [0.29, 0.717) is 19.6 Å². The minimum atomic E-state index is 0.0850. The minimum Gasteiger partial charge on any atom is -0.273 e. The van der Waals surface area contributed by atoms with Gasteiger partial charge in [-0.2, -0.15) is 0 Å². The van der Waals surface area contributed by atoms with E-state index in [1.807, 2.05) is 31.2 Å². The molecule has 0 N–H and O–H groups in total. The smallest absolute Gasteiger partial charge is 0.246 e. The first kappa shape index (κ1) is 10.2. The van der Waals surface area contributed by atoms with Crippen LogP contribution in [-0.2, 0) is 16.2 Å². The zero-order valence-electron chi connectivity index (χ0n) is 8.90. The number of hydroxylamine groups is 2. The number of rotatable bonds is 2. The van der Waals surface area contributed by atoms with Crippen LogP contribution in [0.3, 0.4) is 0 Å². The molecule has 0 spiro atoms. The first-order valence-electron chi connectivity index (χ1n) is 5.24. The summed E-state index contributed by atoms with van der Waals surface area (Å²) in [4.78, 5) is 16.8. The van der Waals surface area contributed by atoms with Crippen molar-refractivity contribution in [3.05, 3.63) is 35.4 Å². The topological polar surface area (TPSA) is 29.5 Å². The molecule has 0 bridgehead atoms. The second-order valence-corrected chi connectivity index (χ2v) is 3.85. The molecule has 0 aliphatic carbocycles. The van der Waals surface area contributed by atoms with E-state index in [-0.39, 0.29) is 5.91 Å². The Morgan fingerprint density at radius 1 is 1.33 bits per heavy atom. The molecule has 0 unspecified atom stereocenters. The van der Waals surface area contributed by atoms with Gasteiger partial charge >= 0.3 is 0 Å². The molecular weight excluding hydrogens is 190 g/mol. The molecule has 1 aliphatic rings. The van der Waals surface area contributed by atoms with Crippen molar-refractivity contribution >= 4 is 5.91 Å². The van der Waals surface area contributed by atoms with Crippen LogP contribution in [0.5, 0.6) is 0 Å². The molecule has 0 radical (unpaired) electrons. The van der Waals surface area contributed by atoms with Crippen LogP contribution in [-0.4, -0.2) is 17.6 Å².